The quantitative estimate of drug-likeness (QED) is 0.873. The Morgan fingerprint density at radius 3 is 2.60 bits per heavy atom. The van der Waals surface area contributed by atoms with Gasteiger partial charge in [-0.15, -0.1) is 13.2 Å². The van der Waals surface area contributed by atoms with Crippen molar-refractivity contribution in [2.75, 3.05) is 6.61 Å². The maximum atomic E-state index is 12.2. The Bertz CT molecular complexity index is 446. The molecular formula is C14H18F3NO2. The molecule has 1 saturated carbocycles. The summed E-state index contributed by atoms with van der Waals surface area (Å²) in [5.41, 5.74) is 6.73. The fourth-order valence-corrected chi connectivity index (χ4v) is 2.26. The van der Waals surface area contributed by atoms with Crippen LogP contribution in [0.4, 0.5) is 13.2 Å². The molecule has 0 saturated heterocycles. The summed E-state index contributed by atoms with van der Waals surface area (Å²) in [6.07, 6.45) is -2.74. The molecule has 1 aliphatic rings. The highest BCUT2D eigenvalue weighted by Gasteiger charge is 2.37. The van der Waals surface area contributed by atoms with Gasteiger partial charge in [0.05, 0.1) is 12.1 Å². The summed E-state index contributed by atoms with van der Waals surface area (Å²) in [6.45, 7) is 2.42. The summed E-state index contributed by atoms with van der Waals surface area (Å²) in [6, 6.07) is 5.34. The molecule has 112 valence electrons. The maximum Gasteiger partial charge on any atom is 0.573 e. The number of ether oxygens (including phenoxy) is 2. The molecule has 1 aliphatic carbocycles. The molecule has 0 aliphatic heterocycles. The lowest BCUT2D eigenvalue weighted by atomic mass is 9.98. The van der Waals surface area contributed by atoms with Crippen LogP contribution in [0.2, 0.25) is 0 Å². The van der Waals surface area contributed by atoms with Gasteiger partial charge < -0.3 is 15.2 Å². The number of nitrogens with two attached hydrogens (primary N) is 1. The average Bonchev–Trinajstić information content (AvgIpc) is 3.17. The molecule has 6 heteroatoms. The third-order valence-corrected chi connectivity index (χ3v) is 3.28. The summed E-state index contributed by atoms with van der Waals surface area (Å²) < 4.78 is 46.2. The number of halogens is 3. The Kier molecular flexibility index (Phi) is 4.55. The number of alkyl halides is 3. The second kappa shape index (κ2) is 6.01. The van der Waals surface area contributed by atoms with E-state index in [1.807, 2.05) is 6.92 Å². The number of hydrogen-bond donors (Lipinski definition) is 1. The van der Waals surface area contributed by atoms with Crippen molar-refractivity contribution in [3.05, 3.63) is 29.8 Å². The van der Waals surface area contributed by atoms with Gasteiger partial charge in [0, 0.05) is 6.61 Å². The molecule has 1 fully saturated rings. The molecule has 2 unspecified atom stereocenters. The van der Waals surface area contributed by atoms with Gasteiger partial charge in [0.25, 0.3) is 0 Å². The van der Waals surface area contributed by atoms with E-state index in [0.717, 1.165) is 12.8 Å². The molecular weight excluding hydrogens is 271 g/mol. The van der Waals surface area contributed by atoms with Crippen LogP contribution < -0.4 is 10.5 Å². The Labute approximate surface area is 115 Å². The first-order chi connectivity index (χ1) is 9.40. The van der Waals surface area contributed by atoms with E-state index in [2.05, 4.69) is 4.74 Å². The Balaban J connectivity index is 2.12. The van der Waals surface area contributed by atoms with Crippen LogP contribution in [0.3, 0.4) is 0 Å². The van der Waals surface area contributed by atoms with Crippen LogP contribution in [0.25, 0.3) is 0 Å². The molecule has 1 aromatic carbocycles. The van der Waals surface area contributed by atoms with Gasteiger partial charge >= 0.3 is 6.36 Å². The fourth-order valence-electron chi connectivity index (χ4n) is 2.26. The molecule has 2 rings (SSSR count). The molecule has 0 spiro atoms. The number of hydrogen-bond acceptors (Lipinski definition) is 3. The van der Waals surface area contributed by atoms with E-state index in [0.29, 0.717) is 18.1 Å². The Morgan fingerprint density at radius 2 is 2.05 bits per heavy atom. The molecule has 2 atom stereocenters. The number of benzene rings is 1. The monoisotopic (exact) mass is 289 g/mol. The van der Waals surface area contributed by atoms with Crippen LogP contribution in [-0.2, 0) is 4.74 Å². The average molecular weight is 289 g/mol. The Morgan fingerprint density at radius 1 is 1.35 bits per heavy atom. The highest BCUT2D eigenvalue weighted by Crippen LogP contribution is 2.39. The molecule has 0 amide bonds. The van der Waals surface area contributed by atoms with Crippen LogP contribution in [0.15, 0.2) is 24.3 Å². The lowest BCUT2D eigenvalue weighted by molar-refractivity contribution is -0.274. The zero-order valence-electron chi connectivity index (χ0n) is 11.2. The minimum Gasteiger partial charge on any atom is -0.406 e. The molecule has 2 N–H and O–H groups in total. The second-order valence-electron chi connectivity index (χ2n) is 4.90. The van der Waals surface area contributed by atoms with Crippen molar-refractivity contribution < 1.29 is 22.6 Å². The van der Waals surface area contributed by atoms with Crippen LogP contribution >= 0.6 is 0 Å². The largest absolute Gasteiger partial charge is 0.573 e. The summed E-state index contributed by atoms with van der Waals surface area (Å²) in [7, 11) is 0. The van der Waals surface area contributed by atoms with Gasteiger partial charge in [0.1, 0.15) is 5.75 Å². The highest BCUT2D eigenvalue weighted by molar-refractivity contribution is 5.31. The van der Waals surface area contributed by atoms with Crippen molar-refractivity contribution in [3.8, 4) is 5.75 Å². The van der Waals surface area contributed by atoms with Crippen molar-refractivity contribution in [1.29, 1.82) is 0 Å². The van der Waals surface area contributed by atoms with Crippen molar-refractivity contribution in [3.63, 3.8) is 0 Å². The van der Waals surface area contributed by atoms with Crippen LogP contribution in [-0.4, -0.2) is 19.1 Å². The first kappa shape index (κ1) is 15.1. The van der Waals surface area contributed by atoms with Crippen LogP contribution in [0, 0.1) is 5.92 Å². The standard InChI is InChI=1S/C14H18F3NO2/c1-2-19-13(9-6-7-9)12(18)10-4-3-5-11(8-10)20-14(15,16)17/h3-5,8-9,12-13H,2,6-7,18H2,1H3. The van der Waals surface area contributed by atoms with Gasteiger partial charge in [-0.2, -0.15) is 0 Å². The van der Waals surface area contributed by atoms with Gasteiger partial charge in [-0.3, -0.25) is 0 Å². The third-order valence-electron chi connectivity index (χ3n) is 3.28. The summed E-state index contributed by atoms with van der Waals surface area (Å²) >= 11 is 0. The maximum absolute atomic E-state index is 12.2. The zero-order chi connectivity index (χ0) is 14.8. The van der Waals surface area contributed by atoms with Gasteiger partial charge in [-0.25, -0.2) is 0 Å². The third kappa shape index (κ3) is 4.11. The molecule has 1 aromatic rings. The summed E-state index contributed by atoms with van der Waals surface area (Å²) in [5.74, 6) is 0.147. The lowest BCUT2D eigenvalue weighted by Crippen LogP contribution is -2.31. The molecule has 0 heterocycles. The fraction of sp³-hybridized carbons (Fsp3) is 0.571. The zero-order valence-corrected chi connectivity index (χ0v) is 11.2. The minimum absolute atomic E-state index is 0.152. The molecule has 0 radical (unpaired) electrons. The first-order valence-electron chi connectivity index (χ1n) is 6.63. The SMILES string of the molecule is CCOC(C1CC1)C(N)c1cccc(OC(F)(F)F)c1. The van der Waals surface area contributed by atoms with Gasteiger partial charge in [0.2, 0.25) is 0 Å². The number of rotatable bonds is 6. The van der Waals surface area contributed by atoms with E-state index >= 15 is 0 Å². The van der Waals surface area contributed by atoms with E-state index < -0.39 is 12.4 Å². The molecule has 0 bridgehead atoms. The second-order valence-corrected chi connectivity index (χ2v) is 4.90. The normalized spacial score (nSPS) is 18.6. The van der Waals surface area contributed by atoms with Gasteiger partial charge in [-0.05, 0) is 43.4 Å². The van der Waals surface area contributed by atoms with Gasteiger partial charge in [-0.1, -0.05) is 12.1 Å². The Hall–Kier alpha value is -1.27. The van der Waals surface area contributed by atoms with Crippen molar-refractivity contribution >= 4 is 0 Å². The predicted octanol–water partition coefficient (Wildman–Crippen LogP) is 3.40. The summed E-state index contributed by atoms with van der Waals surface area (Å²) in [4.78, 5) is 0. The van der Waals surface area contributed by atoms with E-state index in [1.54, 1.807) is 6.07 Å². The highest BCUT2D eigenvalue weighted by atomic mass is 19.4. The molecule has 0 aromatic heterocycles. The first-order valence-corrected chi connectivity index (χ1v) is 6.63. The van der Waals surface area contributed by atoms with E-state index in [4.69, 9.17) is 10.5 Å². The molecule has 20 heavy (non-hydrogen) atoms. The van der Waals surface area contributed by atoms with Crippen LogP contribution in [0.1, 0.15) is 31.4 Å². The van der Waals surface area contributed by atoms with E-state index in [1.165, 1.54) is 18.2 Å². The van der Waals surface area contributed by atoms with Crippen molar-refractivity contribution in [2.45, 2.75) is 38.3 Å². The van der Waals surface area contributed by atoms with Crippen molar-refractivity contribution in [1.82, 2.24) is 0 Å². The van der Waals surface area contributed by atoms with Crippen LogP contribution in [0.5, 0.6) is 5.75 Å². The molecule has 3 nitrogen and oxygen atoms in total. The van der Waals surface area contributed by atoms with Gasteiger partial charge in [0.15, 0.2) is 0 Å². The predicted molar refractivity (Wildman–Crippen MR) is 68.2 cm³/mol. The van der Waals surface area contributed by atoms with Crippen molar-refractivity contribution in [2.24, 2.45) is 11.7 Å². The topological polar surface area (TPSA) is 44.5 Å². The minimum atomic E-state index is -4.70. The van der Waals surface area contributed by atoms with E-state index in [9.17, 15) is 13.2 Å². The smallest absolute Gasteiger partial charge is 0.406 e. The van der Waals surface area contributed by atoms with E-state index in [-0.39, 0.29) is 11.9 Å². The summed E-state index contributed by atoms with van der Waals surface area (Å²) in [5, 5.41) is 0. The lowest BCUT2D eigenvalue weighted by Gasteiger charge is -2.24.